The van der Waals surface area contributed by atoms with Crippen molar-refractivity contribution in [3.05, 3.63) is 34.6 Å². The highest BCUT2D eigenvalue weighted by Crippen LogP contribution is 2.37. The van der Waals surface area contributed by atoms with E-state index in [0.717, 1.165) is 44.2 Å². The Morgan fingerprint density at radius 2 is 2.11 bits per heavy atom. The van der Waals surface area contributed by atoms with Gasteiger partial charge in [-0.15, -0.1) is 0 Å². The van der Waals surface area contributed by atoms with Crippen LogP contribution in [0.4, 0.5) is 4.39 Å². The van der Waals surface area contributed by atoms with Crippen LogP contribution in [0.25, 0.3) is 0 Å². The second-order valence-corrected chi connectivity index (χ2v) is 6.01. The summed E-state index contributed by atoms with van der Waals surface area (Å²) in [7, 11) is 2.09. The van der Waals surface area contributed by atoms with E-state index in [-0.39, 0.29) is 16.3 Å². The number of hydrogen-bond donors (Lipinski definition) is 0. The first-order valence-corrected chi connectivity index (χ1v) is 6.99. The first-order chi connectivity index (χ1) is 9.04. The number of aldehydes is 1. The van der Waals surface area contributed by atoms with Crippen molar-refractivity contribution in [3.63, 3.8) is 0 Å². The summed E-state index contributed by atoms with van der Waals surface area (Å²) in [6, 6.07) is 4.94. The molecular weight excluding hydrogens is 265 g/mol. The fraction of sp³-hybridized carbons (Fsp3) is 0.533. The van der Waals surface area contributed by atoms with Gasteiger partial charge in [0.1, 0.15) is 12.1 Å². The molecule has 0 radical (unpaired) electrons. The van der Waals surface area contributed by atoms with Gasteiger partial charge in [-0.05, 0) is 62.5 Å². The van der Waals surface area contributed by atoms with Crippen LogP contribution in [0.5, 0.6) is 0 Å². The van der Waals surface area contributed by atoms with Crippen molar-refractivity contribution in [1.29, 1.82) is 0 Å². The molecule has 1 aliphatic heterocycles. The Morgan fingerprint density at radius 1 is 1.42 bits per heavy atom. The van der Waals surface area contributed by atoms with Gasteiger partial charge >= 0.3 is 0 Å². The average Bonchev–Trinajstić information content (AvgIpc) is 2.38. The smallest absolute Gasteiger partial charge is 0.142 e. The Labute approximate surface area is 118 Å². The lowest BCUT2D eigenvalue weighted by molar-refractivity contribution is -0.110. The van der Waals surface area contributed by atoms with Crippen LogP contribution in [-0.2, 0) is 11.2 Å². The molecule has 104 valence electrons. The molecule has 19 heavy (non-hydrogen) atoms. The van der Waals surface area contributed by atoms with Crippen LogP contribution in [0.2, 0.25) is 5.02 Å². The molecule has 0 unspecified atom stereocenters. The monoisotopic (exact) mass is 283 g/mol. The summed E-state index contributed by atoms with van der Waals surface area (Å²) < 4.78 is 13.5. The molecule has 1 aromatic rings. The van der Waals surface area contributed by atoms with Gasteiger partial charge < -0.3 is 9.69 Å². The zero-order valence-corrected chi connectivity index (χ0v) is 11.9. The van der Waals surface area contributed by atoms with Gasteiger partial charge in [0.2, 0.25) is 0 Å². The number of rotatable bonds is 4. The minimum absolute atomic E-state index is 0.0193. The highest BCUT2D eigenvalue weighted by atomic mass is 35.5. The van der Waals surface area contributed by atoms with E-state index in [2.05, 4.69) is 11.9 Å². The molecule has 0 amide bonds. The molecule has 0 aromatic heterocycles. The van der Waals surface area contributed by atoms with Gasteiger partial charge in [-0.3, -0.25) is 0 Å². The number of halogens is 2. The number of nitrogens with zero attached hydrogens (tertiary/aromatic N) is 1. The molecule has 1 heterocycles. The molecule has 0 aliphatic carbocycles. The zero-order chi connectivity index (χ0) is 13.9. The summed E-state index contributed by atoms with van der Waals surface area (Å²) in [6.45, 7) is 1.98. The third-order valence-corrected chi connectivity index (χ3v) is 4.43. The second kappa shape index (κ2) is 6.02. The van der Waals surface area contributed by atoms with Crippen molar-refractivity contribution in [1.82, 2.24) is 4.90 Å². The third-order valence-electron chi connectivity index (χ3n) is 4.13. The lowest BCUT2D eigenvalue weighted by Gasteiger charge is -2.40. The lowest BCUT2D eigenvalue weighted by atomic mass is 9.72. The SMILES string of the molecule is CN1CCC(CC=O)(Cc2ccc(Cl)c(F)c2)CC1. The van der Waals surface area contributed by atoms with Crippen molar-refractivity contribution >= 4 is 17.9 Å². The number of benzene rings is 1. The Kier molecular flexibility index (Phi) is 4.58. The van der Waals surface area contributed by atoms with Gasteiger partial charge in [0.05, 0.1) is 5.02 Å². The first kappa shape index (κ1) is 14.5. The predicted octanol–water partition coefficient (Wildman–Crippen LogP) is 3.32. The summed E-state index contributed by atoms with van der Waals surface area (Å²) in [5, 5.41) is 0.150. The quantitative estimate of drug-likeness (QED) is 0.790. The van der Waals surface area contributed by atoms with E-state index >= 15 is 0 Å². The van der Waals surface area contributed by atoms with Crippen LogP contribution >= 0.6 is 11.6 Å². The van der Waals surface area contributed by atoms with Crippen LogP contribution < -0.4 is 0 Å². The van der Waals surface area contributed by atoms with E-state index in [9.17, 15) is 9.18 Å². The molecule has 1 fully saturated rings. The average molecular weight is 284 g/mol. The minimum Gasteiger partial charge on any atom is -0.306 e. The van der Waals surface area contributed by atoms with Crippen LogP contribution in [0.1, 0.15) is 24.8 Å². The Hall–Kier alpha value is -0.930. The summed E-state index contributed by atoms with van der Waals surface area (Å²) in [5.41, 5.74) is 0.905. The minimum atomic E-state index is -0.381. The number of likely N-dealkylation sites (tertiary alicyclic amines) is 1. The van der Waals surface area contributed by atoms with E-state index in [1.807, 2.05) is 6.07 Å². The Morgan fingerprint density at radius 3 is 2.68 bits per heavy atom. The molecular formula is C15H19ClFNO. The summed E-state index contributed by atoms with van der Waals surface area (Å²) >= 11 is 5.70. The van der Waals surface area contributed by atoms with E-state index in [1.165, 1.54) is 6.07 Å². The summed E-state index contributed by atoms with van der Waals surface area (Å²) in [4.78, 5) is 13.2. The predicted molar refractivity (Wildman–Crippen MR) is 75.0 cm³/mol. The highest BCUT2D eigenvalue weighted by Gasteiger charge is 2.33. The van der Waals surface area contributed by atoms with Crippen LogP contribution in [-0.4, -0.2) is 31.3 Å². The molecule has 0 spiro atoms. The molecule has 0 saturated carbocycles. The van der Waals surface area contributed by atoms with Gasteiger partial charge in [0.25, 0.3) is 0 Å². The lowest BCUT2D eigenvalue weighted by Crippen LogP contribution is -2.39. The number of carbonyl (C=O) groups is 1. The molecule has 1 aliphatic rings. The van der Waals surface area contributed by atoms with Crippen molar-refractivity contribution in [2.75, 3.05) is 20.1 Å². The first-order valence-electron chi connectivity index (χ1n) is 6.61. The summed E-state index contributed by atoms with van der Waals surface area (Å²) in [6.07, 6.45) is 4.25. The topological polar surface area (TPSA) is 20.3 Å². The van der Waals surface area contributed by atoms with Gasteiger partial charge in [0, 0.05) is 6.42 Å². The van der Waals surface area contributed by atoms with Gasteiger partial charge in [-0.25, -0.2) is 4.39 Å². The fourth-order valence-electron chi connectivity index (χ4n) is 2.81. The van der Waals surface area contributed by atoms with Crippen molar-refractivity contribution in [3.8, 4) is 0 Å². The number of hydrogen-bond acceptors (Lipinski definition) is 2. The molecule has 0 bridgehead atoms. The third kappa shape index (κ3) is 3.54. The fourth-order valence-corrected chi connectivity index (χ4v) is 2.92. The number of carbonyl (C=O) groups excluding carboxylic acids is 1. The van der Waals surface area contributed by atoms with E-state index < -0.39 is 0 Å². The van der Waals surface area contributed by atoms with E-state index in [1.54, 1.807) is 6.07 Å². The van der Waals surface area contributed by atoms with Crippen LogP contribution in [0, 0.1) is 11.2 Å². The maximum atomic E-state index is 13.5. The molecule has 2 nitrogen and oxygen atoms in total. The van der Waals surface area contributed by atoms with Gasteiger partial charge in [0.15, 0.2) is 0 Å². The van der Waals surface area contributed by atoms with Gasteiger partial charge in [-0.1, -0.05) is 17.7 Å². The summed E-state index contributed by atoms with van der Waals surface area (Å²) in [5.74, 6) is -0.381. The van der Waals surface area contributed by atoms with E-state index in [0.29, 0.717) is 6.42 Å². The Bertz CT molecular complexity index is 455. The second-order valence-electron chi connectivity index (χ2n) is 5.60. The highest BCUT2D eigenvalue weighted by molar-refractivity contribution is 6.30. The maximum Gasteiger partial charge on any atom is 0.142 e. The largest absolute Gasteiger partial charge is 0.306 e. The molecule has 2 rings (SSSR count). The zero-order valence-electron chi connectivity index (χ0n) is 11.2. The van der Waals surface area contributed by atoms with Crippen molar-refractivity contribution in [2.24, 2.45) is 5.41 Å². The normalized spacial score (nSPS) is 19.3. The molecule has 4 heteroatoms. The van der Waals surface area contributed by atoms with Crippen molar-refractivity contribution < 1.29 is 9.18 Å². The van der Waals surface area contributed by atoms with Crippen molar-refractivity contribution in [2.45, 2.75) is 25.7 Å². The van der Waals surface area contributed by atoms with Gasteiger partial charge in [-0.2, -0.15) is 0 Å². The Balaban J connectivity index is 2.16. The van der Waals surface area contributed by atoms with Crippen LogP contribution in [0.15, 0.2) is 18.2 Å². The molecule has 0 N–H and O–H groups in total. The van der Waals surface area contributed by atoms with Crippen LogP contribution in [0.3, 0.4) is 0 Å². The molecule has 0 atom stereocenters. The number of piperidine rings is 1. The molecule has 1 saturated heterocycles. The van der Waals surface area contributed by atoms with E-state index in [4.69, 9.17) is 11.6 Å². The molecule has 1 aromatic carbocycles. The standard InChI is InChI=1S/C15H19ClFNO/c1-18-7-4-15(5-8-18,6-9-19)11-12-2-3-13(16)14(17)10-12/h2-3,9-10H,4-8,11H2,1H3. The maximum absolute atomic E-state index is 13.5.